The molecule has 0 aliphatic carbocycles. The van der Waals surface area contributed by atoms with E-state index in [0.29, 0.717) is 33.6 Å². The van der Waals surface area contributed by atoms with Gasteiger partial charge in [-0.2, -0.15) is 5.26 Å². The fourth-order valence-corrected chi connectivity index (χ4v) is 7.94. The highest BCUT2D eigenvalue weighted by atomic mass is 35.5. The first-order chi connectivity index (χ1) is 30.3. The van der Waals surface area contributed by atoms with Crippen molar-refractivity contribution in [2.75, 3.05) is 23.8 Å². The third-order valence-electron chi connectivity index (χ3n) is 8.86. The van der Waals surface area contributed by atoms with E-state index in [1.165, 1.54) is 41.7 Å². The molecule has 0 atom stereocenters. The number of ether oxygens (including phenoxy) is 2. The fourth-order valence-electron chi connectivity index (χ4n) is 6.07. The zero-order valence-electron chi connectivity index (χ0n) is 32.6. The molecule has 0 unspecified atom stereocenters. The lowest BCUT2D eigenvalue weighted by Gasteiger charge is -2.12. The van der Waals surface area contributed by atoms with E-state index in [1.54, 1.807) is 77.5 Å². The molecule has 0 spiro atoms. The molecule has 2 amide bonds. The Morgan fingerprint density at radius 1 is 0.683 bits per heavy atom. The largest absolute Gasteiger partial charge is 0.483 e. The van der Waals surface area contributed by atoms with E-state index >= 15 is 0 Å². The number of aryl methyl sites for hydroxylation is 1. The van der Waals surface area contributed by atoms with E-state index < -0.39 is 23.3 Å². The van der Waals surface area contributed by atoms with E-state index in [9.17, 15) is 28.0 Å². The van der Waals surface area contributed by atoms with E-state index in [0.717, 1.165) is 37.6 Å². The molecule has 6 aromatic carbocycles. The lowest BCUT2D eigenvalue weighted by molar-refractivity contribution is -0.118. The first kappa shape index (κ1) is 44.0. The summed E-state index contributed by atoms with van der Waals surface area (Å²) >= 11 is 15.1. The van der Waals surface area contributed by atoms with Crippen molar-refractivity contribution in [3.05, 3.63) is 175 Å². The number of hydrogen-bond donors (Lipinski definition) is 2. The van der Waals surface area contributed by atoms with Crippen molar-refractivity contribution in [1.29, 1.82) is 5.26 Å². The number of hydrogen-bond acceptors (Lipinski definition) is 11. The molecule has 0 fully saturated rings. The van der Waals surface area contributed by atoms with E-state index in [1.807, 2.05) is 19.1 Å². The average Bonchev–Trinajstić information content (AvgIpc) is 3.90. The zero-order valence-corrected chi connectivity index (χ0v) is 35.7. The van der Waals surface area contributed by atoms with Crippen LogP contribution >= 0.6 is 45.9 Å². The van der Waals surface area contributed by atoms with Crippen LogP contribution in [0.15, 0.2) is 121 Å². The molecule has 0 aliphatic rings. The Kier molecular flexibility index (Phi) is 13.8. The number of carbonyl (C=O) groups is 4. The molecule has 11 nitrogen and oxygen atoms in total. The molecule has 2 N–H and O–H groups in total. The summed E-state index contributed by atoms with van der Waals surface area (Å²) < 4.78 is 40.2. The summed E-state index contributed by atoms with van der Waals surface area (Å²) in [6.07, 6.45) is 0. The summed E-state index contributed by atoms with van der Waals surface area (Å²) in [5.74, 6) is -3.36. The van der Waals surface area contributed by atoms with Crippen LogP contribution in [0.5, 0.6) is 11.5 Å². The lowest BCUT2D eigenvalue weighted by atomic mass is 10.0. The number of nitrogens with zero attached hydrogens (tertiary/aromatic N) is 3. The van der Waals surface area contributed by atoms with Gasteiger partial charge in [0.1, 0.15) is 23.1 Å². The maximum Gasteiger partial charge on any atom is 0.262 e. The Morgan fingerprint density at radius 2 is 1.29 bits per heavy atom. The van der Waals surface area contributed by atoms with Gasteiger partial charge in [0.25, 0.3) is 11.8 Å². The van der Waals surface area contributed by atoms with Gasteiger partial charge in [0.2, 0.25) is 0 Å². The van der Waals surface area contributed by atoms with Crippen molar-refractivity contribution in [1.82, 2.24) is 9.97 Å². The minimum absolute atomic E-state index is 0.0172. The summed E-state index contributed by atoms with van der Waals surface area (Å²) in [7, 11) is 0. The van der Waals surface area contributed by atoms with Crippen LogP contribution in [0.2, 0.25) is 10.0 Å². The quantitative estimate of drug-likeness (QED) is 0.114. The fraction of sp³-hybridized carbons (Fsp3) is 0.0652. The van der Waals surface area contributed by atoms with Gasteiger partial charge >= 0.3 is 0 Å². The standard InChI is InChI=1S/C24H16ClN3O3S.C22H13ClF2N2O3S/c1-14-27-20-11-18(6-8-22(20)32-14)28-23(29)13-31-21-7-5-17(25)10-19(21)24(30)16-4-2-3-15(9-16)12-26;23-13-1-4-19(17(7-13)22(29)12-5-14(24)8-15(25)6-12)30-10-21(28)27-16-2-3-18-20(9-16)31-11-26-18/h2-11H,13H2,1H3,(H,28,29);1-9,11H,10H2,(H,27,28). The maximum absolute atomic E-state index is 13.5. The molecule has 314 valence electrons. The normalized spacial score (nSPS) is 10.7. The highest BCUT2D eigenvalue weighted by Crippen LogP contribution is 2.29. The van der Waals surface area contributed by atoms with Crippen LogP contribution in [0.3, 0.4) is 0 Å². The molecule has 8 rings (SSSR count). The van der Waals surface area contributed by atoms with Gasteiger partial charge in [0.15, 0.2) is 24.8 Å². The number of carbonyl (C=O) groups excluding carboxylic acids is 4. The third kappa shape index (κ3) is 11.2. The molecule has 0 aliphatic heterocycles. The topological polar surface area (TPSA) is 160 Å². The first-order valence-electron chi connectivity index (χ1n) is 18.5. The summed E-state index contributed by atoms with van der Waals surface area (Å²) in [6.45, 7) is 1.24. The number of halogens is 4. The first-order valence-corrected chi connectivity index (χ1v) is 21.0. The van der Waals surface area contributed by atoms with Crippen molar-refractivity contribution in [3.63, 3.8) is 0 Å². The highest BCUT2D eigenvalue weighted by Gasteiger charge is 2.20. The van der Waals surface area contributed by atoms with Gasteiger partial charge in [-0.3, -0.25) is 19.2 Å². The van der Waals surface area contributed by atoms with Crippen molar-refractivity contribution >= 4 is 101 Å². The Balaban J connectivity index is 0.000000189. The Bertz CT molecular complexity index is 3100. The molecule has 0 radical (unpaired) electrons. The van der Waals surface area contributed by atoms with E-state index in [-0.39, 0.29) is 58.1 Å². The molecule has 0 saturated heterocycles. The highest BCUT2D eigenvalue weighted by molar-refractivity contribution is 7.18. The van der Waals surface area contributed by atoms with Crippen molar-refractivity contribution in [2.24, 2.45) is 0 Å². The average molecular weight is 921 g/mol. The number of thiazole rings is 2. The summed E-state index contributed by atoms with van der Waals surface area (Å²) in [6, 6.07) is 30.5. The Hall–Kier alpha value is -7.09. The molecule has 0 saturated carbocycles. The second-order valence-corrected chi connectivity index (χ2v) is 16.4. The van der Waals surface area contributed by atoms with E-state index in [4.69, 9.17) is 37.9 Å². The third-order valence-corrected chi connectivity index (χ3v) is 11.1. The van der Waals surface area contributed by atoms with Crippen LogP contribution in [0.4, 0.5) is 20.2 Å². The number of aromatic nitrogens is 2. The second kappa shape index (κ2) is 19.7. The Labute approximate surface area is 375 Å². The second-order valence-electron chi connectivity index (χ2n) is 13.4. The van der Waals surface area contributed by atoms with Crippen LogP contribution in [0.1, 0.15) is 42.4 Å². The van der Waals surface area contributed by atoms with Gasteiger partial charge in [0, 0.05) is 38.6 Å². The lowest BCUT2D eigenvalue weighted by Crippen LogP contribution is -2.21. The van der Waals surface area contributed by atoms with Gasteiger partial charge in [-0.1, -0.05) is 35.3 Å². The van der Waals surface area contributed by atoms with Crippen LogP contribution in [-0.2, 0) is 9.59 Å². The predicted octanol–water partition coefficient (Wildman–Crippen LogP) is 10.9. The number of amides is 2. The number of ketones is 2. The maximum atomic E-state index is 13.5. The summed E-state index contributed by atoms with van der Waals surface area (Å²) in [5, 5.41) is 16.1. The van der Waals surface area contributed by atoms with Crippen LogP contribution in [-0.4, -0.2) is 46.6 Å². The molecule has 63 heavy (non-hydrogen) atoms. The zero-order chi connectivity index (χ0) is 44.6. The number of nitrogens with one attached hydrogen (secondary N) is 2. The van der Waals surface area contributed by atoms with Crippen LogP contribution in [0.25, 0.3) is 20.4 Å². The molecule has 2 heterocycles. The minimum atomic E-state index is -0.884. The number of rotatable bonds is 12. The van der Waals surface area contributed by atoms with Crippen molar-refractivity contribution in [3.8, 4) is 17.6 Å². The number of benzene rings is 6. The molecule has 2 aromatic heterocycles. The van der Waals surface area contributed by atoms with Gasteiger partial charge in [-0.25, -0.2) is 18.7 Å². The smallest absolute Gasteiger partial charge is 0.262 e. The van der Waals surface area contributed by atoms with Crippen molar-refractivity contribution < 1.29 is 37.4 Å². The number of nitriles is 1. The SMILES string of the molecule is Cc1nc2cc(NC(=O)COc3ccc(Cl)cc3C(=O)c3cccc(C#N)c3)ccc2s1.O=C(COc1ccc(Cl)cc1C(=O)c1cc(F)cc(F)c1)Nc1ccc2ncsc2c1. The summed E-state index contributed by atoms with van der Waals surface area (Å²) in [5.41, 5.74) is 5.23. The molecule has 8 aromatic rings. The number of fused-ring (bicyclic) bond motifs is 2. The predicted molar refractivity (Wildman–Crippen MR) is 240 cm³/mol. The molecule has 17 heteroatoms. The molecule has 0 bridgehead atoms. The van der Waals surface area contributed by atoms with Crippen molar-refractivity contribution in [2.45, 2.75) is 6.92 Å². The molecular formula is C46H29Cl2F2N5O6S2. The summed E-state index contributed by atoms with van der Waals surface area (Å²) in [4.78, 5) is 59.1. The van der Waals surface area contributed by atoms with E-state index in [2.05, 4.69) is 20.6 Å². The van der Waals surface area contributed by atoms with Crippen LogP contribution in [0, 0.1) is 29.9 Å². The van der Waals surface area contributed by atoms with Gasteiger partial charge in [-0.05, 0) is 104 Å². The van der Waals surface area contributed by atoms with Gasteiger partial charge in [-0.15, -0.1) is 22.7 Å². The number of anilines is 2. The monoisotopic (exact) mass is 919 g/mol. The molecular weight excluding hydrogens is 892 g/mol. The van der Waals surface area contributed by atoms with Crippen LogP contribution < -0.4 is 20.1 Å². The van der Waals surface area contributed by atoms with Gasteiger partial charge in [0.05, 0.1) is 53.7 Å². The Morgan fingerprint density at radius 3 is 1.92 bits per heavy atom. The minimum Gasteiger partial charge on any atom is -0.483 e. The van der Waals surface area contributed by atoms with Gasteiger partial charge < -0.3 is 20.1 Å².